The summed E-state index contributed by atoms with van der Waals surface area (Å²) in [7, 11) is 0. The Kier molecular flexibility index (Phi) is 5.23. The van der Waals surface area contributed by atoms with Gasteiger partial charge in [-0.2, -0.15) is 4.98 Å². The van der Waals surface area contributed by atoms with Gasteiger partial charge in [-0.05, 0) is 36.1 Å². The van der Waals surface area contributed by atoms with Crippen LogP contribution < -0.4 is 5.32 Å². The molecule has 0 radical (unpaired) electrons. The number of hydrogen-bond acceptors (Lipinski definition) is 4. The number of anilines is 1. The Morgan fingerprint density at radius 3 is 2.56 bits per heavy atom. The van der Waals surface area contributed by atoms with E-state index in [4.69, 9.17) is 4.52 Å². The highest BCUT2D eigenvalue weighted by molar-refractivity contribution is 5.91. The molecule has 5 heteroatoms. The third kappa shape index (κ3) is 4.53. The molecule has 0 saturated carbocycles. The summed E-state index contributed by atoms with van der Waals surface area (Å²) in [6.45, 7) is 4.34. The molecule has 1 aromatic heterocycles. The number of rotatable bonds is 6. The van der Waals surface area contributed by atoms with Crippen LogP contribution in [0.1, 0.15) is 25.2 Å². The van der Waals surface area contributed by atoms with Crippen molar-refractivity contribution < 1.29 is 9.32 Å². The molecule has 1 amide bonds. The summed E-state index contributed by atoms with van der Waals surface area (Å²) in [4.78, 5) is 16.5. The second-order valence-corrected chi connectivity index (χ2v) is 6.36. The van der Waals surface area contributed by atoms with Crippen molar-refractivity contribution in [3.8, 4) is 11.5 Å². The summed E-state index contributed by atoms with van der Waals surface area (Å²) < 4.78 is 5.38. The van der Waals surface area contributed by atoms with Crippen LogP contribution in [0.3, 0.4) is 0 Å². The molecule has 0 spiro atoms. The number of aromatic nitrogens is 2. The molecule has 3 rings (SSSR count). The molecule has 0 saturated heterocycles. The van der Waals surface area contributed by atoms with Crippen LogP contribution >= 0.6 is 0 Å². The van der Waals surface area contributed by atoms with E-state index >= 15 is 0 Å². The first-order valence-electron chi connectivity index (χ1n) is 8.37. The first kappa shape index (κ1) is 16.9. The van der Waals surface area contributed by atoms with Gasteiger partial charge in [-0.25, -0.2) is 0 Å². The molecule has 1 N–H and O–H groups in total. The van der Waals surface area contributed by atoms with Crippen molar-refractivity contribution in [1.29, 1.82) is 0 Å². The van der Waals surface area contributed by atoms with E-state index in [-0.39, 0.29) is 12.3 Å². The van der Waals surface area contributed by atoms with E-state index in [2.05, 4.69) is 35.4 Å². The maximum Gasteiger partial charge on any atom is 0.258 e. The van der Waals surface area contributed by atoms with Gasteiger partial charge in [-0.3, -0.25) is 4.79 Å². The quantitative estimate of drug-likeness (QED) is 0.736. The predicted octanol–water partition coefficient (Wildman–Crippen LogP) is 4.12. The number of carbonyl (C=O) groups is 1. The Morgan fingerprint density at radius 2 is 1.80 bits per heavy atom. The van der Waals surface area contributed by atoms with Crippen molar-refractivity contribution in [2.24, 2.45) is 5.92 Å². The van der Waals surface area contributed by atoms with E-state index in [1.807, 2.05) is 48.5 Å². The maximum atomic E-state index is 12.1. The lowest BCUT2D eigenvalue weighted by atomic mass is 9.98. The summed E-state index contributed by atoms with van der Waals surface area (Å²) >= 11 is 0. The highest BCUT2D eigenvalue weighted by Gasteiger charge is 2.15. The molecular formula is C20H21N3O2. The molecule has 0 aliphatic carbocycles. The normalized spacial score (nSPS) is 10.8. The summed E-state index contributed by atoms with van der Waals surface area (Å²) in [5.41, 5.74) is 2.85. The van der Waals surface area contributed by atoms with Crippen LogP contribution in [0, 0.1) is 5.92 Å². The number of hydrogen-bond donors (Lipinski definition) is 1. The largest absolute Gasteiger partial charge is 0.334 e. The lowest BCUT2D eigenvalue weighted by Crippen LogP contribution is -2.15. The number of nitrogens with zero attached hydrogens (tertiary/aromatic N) is 2. The van der Waals surface area contributed by atoms with Gasteiger partial charge in [0.1, 0.15) is 0 Å². The van der Waals surface area contributed by atoms with Crippen molar-refractivity contribution >= 4 is 11.6 Å². The number of para-hydroxylation sites is 1. The van der Waals surface area contributed by atoms with Gasteiger partial charge >= 0.3 is 0 Å². The fourth-order valence-corrected chi connectivity index (χ4v) is 2.65. The SMILES string of the molecule is CC(C)Cc1ccccc1-c1nc(CC(=O)Nc2ccccc2)no1. The molecule has 0 aliphatic rings. The van der Waals surface area contributed by atoms with E-state index in [9.17, 15) is 4.79 Å². The fourth-order valence-electron chi connectivity index (χ4n) is 2.65. The molecule has 2 aromatic carbocycles. The van der Waals surface area contributed by atoms with Crippen LogP contribution in [0.25, 0.3) is 11.5 Å². The Hall–Kier alpha value is -2.95. The van der Waals surface area contributed by atoms with Gasteiger partial charge in [0.2, 0.25) is 5.91 Å². The van der Waals surface area contributed by atoms with Gasteiger partial charge < -0.3 is 9.84 Å². The van der Waals surface area contributed by atoms with Crippen molar-refractivity contribution in [1.82, 2.24) is 10.1 Å². The lowest BCUT2D eigenvalue weighted by Gasteiger charge is -2.08. The molecule has 1 heterocycles. The molecule has 0 aliphatic heterocycles. The maximum absolute atomic E-state index is 12.1. The van der Waals surface area contributed by atoms with Crippen molar-refractivity contribution in [2.45, 2.75) is 26.7 Å². The van der Waals surface area contributed by atoms with Gasteiger partial charge in [-0.15, -0.1) is 0 Å². The van der Waals surface area contributed by atoms with E-state index in [0.29, 0.717) is 17.6 Å². The van der Waals surface area contributed by atoms with Gasteiger partial charge in [-0.1, -0.05) is 55.4 Å². The van der Waals surface area contributed by atoms with E-state index < -0.39 is 0 Å². The Labute approximate surface area is 147 Å². The summed E-state index contributed by atoms with van der Waals surface area (Å²) in [5, 5.41) is 6.76. The number of carbonyl (C=O) groups excluding carboxylic acids is 1. The topological polar surface area (TPSA) is 68.0 Å². The van der Waals surface area contributed by atoms with Gasteiger partial charge in [0.15, 0.2) is 5.82 Å². The molecule has 128 valence electrons. The zero-order chi connectivity index (χ0) is 17.6. The van der Waals surface area contributed by atoms with Crippen LogP contribution in [0.4, 0.5) is 5.69 Å². The average Bonchev–Trinajstić information content (AvgIpc) is 3.04. The van der Waals surface area contributed by atoms with Crippen LogP contribution in [0.2, 0.25) is 0 Å². The van der Waals surface area contributed by atoms with Gasteiger partial charge in [0, 0.05) is 11.3 Å². The van der Waals surface area contributed by atoms with E-state index in [0.717, 1.165) is 17.7 Å². The lowest BCUT2D eigenvalue weighted by molar-refractivity contribution is -0.115. The van der Waals surface area contributed by atoms with E-state index in [1.54, 1.807) is 0 Å². The predicted molar refractivity (Wildman–Crippen MR) is 97.1 cm³/mol. The Balaban J connectivity index is 1.72. The monoisotopic (exact) mass is 335 g/mol. The van der Waals surface area contributed by atoms with Crippen LogP contribution in [-0.4, -0.2) is 16.0 Å². The summed E-state index contributed by atoms with van der Waals surface area (Å²) in [5.74, 6) is 1.19. The second-order valence-electron chi connectivity index (χ2n) is 6.36. The summed E-state index contributed by atoms with van der Waals surface area (Å²) in [6, 6.07) is 17.3. The van der Waals surface area contributed by atoms with E-state index in [1.165, 1.54) is 5.56 Å². The Bertz CT molecular complexity index is 841. The average molecular weight is 335 g/mol. The zero-order valence-electron chi connectivity index (χ0n) is 14.4. The molecule has 0 fully saturated rings. The molecule has 0 atom stereocenters. The van der Waals surface area contributed by atoms with Crippen LogP contribution in [0.15, 0.2) is 59.1 Å². The fraction of sp³-hybridized carbons (Fsp3) is 0.250. The van der Waals surface area contributed by atoms with Crippen LogP contribution in [0.5, 0.6) is 0 Å². The van der Waals surface area contributed by atoms with Crippen molar-refractivity contribution in [2.75, 3.05) is 5.32 Å². The molecular weight excluding hydrogens is 314 g/mol. The zero-order valence-corrected chi connectivity index (χ0v) is 14.4. The second kappa shape index (κ2) is 7.75. The minimum Gasteiger partial charge on any atom is -0.334 e. The highest BCUT2D eigenvalue weighted by atomic mass is 16.5. The third-order valence-corrected chi connectivity index (χ3v) is 3.72. The number of nitrogens with one attached hydrogen (secondary N) is 1. The first-order valence-corrected chi connectivity index (χ1v) is 8.37. The molecule has 3 aromatic rings. The highest BCUT2D eigenvalue weighted by Crippen LogP contribution is 2.24. The number of benzene rings is 2. The standard InChI is InChI=1S/C20H21N3O2/c1-14(2)12-15-8-6-7-11-17(15)20-22-18(23-25-20)13-19(24)21-16-9-4-3-5-10-16/h3-11,14H,12-13H2,1-2H3,(H,21,24). The minimum absolute atomic E-state index is 0.0741. The molecule has 25 heavy (non-hydrogen) atoms. The van der Waals surface area contributed by atoms with Gasteiger partial charge in [0.25, 0.3) is 5.89 Å². The molecule has 0 bridgehead atoms. The van der Waals surface area contributed by atoms with Crippen molar-refractivity contribution in [3.05, 3.63) is 66.0 Å². The van der Waals surface area contributed by atoms with Crippen LogP contribution in [-0.2, 0) is 17.6 Å². The molecule has 5 nitrogen and oxygen atoms in total. The Morgan fingerprint density at radius 1 is 1.08 bits per heavy atom. The smallest absolute Gasteiger partial charge is 0.258 e. The van der Waals surface area contributed by atoms with Gasteiger partial charge in [0.05, 0.1) is 6.42 Å². The summed E-state index contributed by atoms with van der Waals surface area (Å²) in [6.07, 6.45) is 1.01. The third-order valence-electron chi connectivity index (χ3n) is 3.72. The van der Waals surface area contributed by atoms with Crippen molar-refractivity contribution in [3.63, 3.8) is 0 Å². The number of amides is 1. The molecule has 0 unspecified atom stereocenters. The first-order chi connectivity index (χ1) is 12.1. The minimum atomic E-state index is -0.172.